The summed E-state index contributed by atoms with van der Waals surface area (Å²) >= 11 is 0. The summed E-state index contributed by atoms with van der Waals surface area (Å²) in [5.74, 6) is -0.458. The number of hydrogen-bond donors (Lipinski definition) is 2. The summed E-state index contributed by atoms with van der Waals surface area (Å²) in [4.78, 5) is 11.0. The molecule has 0 aliphatic rings. The van der Waals surface area contributed by atoms with E-state index in [2.05, 4.69) is 5.32 Å². The highest BCUT2D eigenvalue weighted by Gasteiger charge is 2.17. The van der Waals surface area contributed by atoms with Gasteiger partial charge < -0.3 is 24.6 Å². The summed E-state index contributed by atoms with van der Waals surface area (Å²) in [5, 5.41) is 12.0. The summed E-state index contributed by atoms with van der Waals surface area (Å²) in [7, 11) is 1.63. The van der Waals surface area contributed by atoms with Gasteiger partial charge in [0.1, 0.15) is 6.04 Å². The molecule has 0 radical (unpaired) electrons. The van der Waals surface area contributed by atoms with Crippen LogP contribution in [-0.2, 0) is 19.0 Å². The van der Waals surface area contributed by atoms with Crippen LogP contribution in [0.5, 0.6) is 0 Å². The highest BCUT2D eigenvalue weighted by atomic mass is 16.5. The fourth-order valence-corrected chi connectivity index (χ4v) is 1.51. The first-order chi connectivity index (χ1) is 9.07. The zero-order valence-corrected chi connectivity index (χ0v) is 12.2. The molecule has 0 aromatic carbocycles. The Bertz CT molecular complexity index is 223. The SMILES string of the molecule is COCCOCCOCCNC(CC(C)C)C(=O)O. The Balaban J connectivity index is 3.42. The molecule has 0 aliphatic heterocycles. The number of ether oxygens (including phenoxy) is 3. The van der Waals surface area contributed by atoms with Crippen molar-refractivity contribution in [3.8, 4) is 0 Å². The van der Waals surface area contributed by atoms with E-state index in [-0.39, 0.29) is 0 Å². The Hall–Kier alpha value is -0.690. The van der Waals surface area contributed by atoms with Gasteiger partial charge in [0.2, 0.25) is 0 Å². The van der Waals surface area contributed by atoms with Crippen LogP contribution in [-0.4, -0.2) is 63.8 Å². The van der Waals surface area contributed by atoms with Crippen molar-refractivity contribution in [3.05, 3.63) is 0 Å². The molecule has 0 saturated carbocycles. The van der Waals surface area contributed by atoms with Crippen molar-refractivity contribution in [3.63, 3.8) is 0 Å². The molecule has 0 bridgehead atoms. The van der Waals surface area contributed by atoms with Gasteiger partial charge in [-0.3, -0.25) is 4.79 Å². The molecule has 0 saturated heterocycles. The van der Waals surface area contributed by atoms with E-state index in [0.29, 0.717) is 51.9 Å². The number of nitrogens with one attached hydrogen (secondary N) is 1. The maximum Gasteiger partial charge on any atom is 0.320 e. The number of carbonyl (C=O) groups is 1. The fraction of sp³-hybridized carbons (Fsp3) is 0.923. The number of carboxylic acids is 1. The van der Waals surface area contributed by atoms with Gasteiger partial charge in [0, 0.05) is 13.7 Å². The van der Waals surface area contributed by atoms with Crippen molar-refractivity contribution in [2.24, 2.45) is 5.92 Å². The van der Waals surface area contributed by atoms with Crippen molar-refractivity contribution in [1.29, 1.82) is 0 Å². The van der Waals surface area contributed by atoms with Crippen LogP contribution < -0.4 is 5.32 Å². The molecule has 19 heavy (non-hydrogen) atoms. The monoisotopic (exact) mass is 277 g/mol. The first kappa shape index (κ1) is 18.3. The number of aliphatic carboxylic acids is 1. The van der Waals surface area contributed by atoms with E-state index in [9.17, 15) is 4.79 Å². The van der Waals surface area contributed by atoms with Crippen LogP contribution in [0, 0.1) is 5.92 Å². The Morgan fingerprint density at radius 2 is 1.68 bits per heavy atom. The second kappa shape index (κ2) is 12.3. The number of methoxy groups -OCH3 is 1. The molecule has 6 nitrogen and oxygen atoms in total. The van der Waals surface area contributed by atoms with Gasteiger partial charge >= 0.3 is 5.97 Å². The minimum Gasteiger partial charge on any atom is -0.480 e. The summed E-state index contributed by atoms with van der Waals surface area (Å²) in [5.41, 5.74) is 0. The first-order valence-electron chi connectivity index (χ1n) is 6.68. The largest absolute Gasteiger partial charge is 0.480 e. The van der Waals surface area contributed by atoms with Crippen molar-refractivity contribution in [2.45, 2.75) is 26.3 Å². The van der Waals surface area contributed by atoms with E-state index in [1.165, 1.54) is 0 Å². The second-order valence-electron chi connectivity index (χ2n) is 4.69. The molecule has 0 rings (SSSR count). The van der Waals surface area contributed by atoms with E-state index in [0.717, 1.165) is 0 Å². The van der Waals surface area contributed by atoms with Crippen LogP contribution in [0.3, 0.4) is 0 Å². The molecule has 6 heteroatoms. The Kier molecular flexibility index (Phi) is 11.9. The number of hydrogen-bond acceptors (Lipinski definition) is 5. The third-order valence-electron chi connectivity index (χ3n) is 2.45. The zero-order chi connectivity index (χ0) is 14.5. The third kappa shape index (κ3) is 12.1. The minimum absolute atomic E-state index is 0.351. The molecule has 1 unspecified atom stereocenters. The smallest absolute Gasteiger partial charge is 0.320 e. The van der Waals surface area contributed by atoms with Crippen molar-refractivity contribution >= 4 is 5.97 Å². The lowest BCUT2D eigenvalue weighted by molar-refractivity contribution is -0.140. The van der Waals surface area contributed by atoms with Gasteiger partial charge in [-0.05, 0) is 12.3 Å². The van der Waals surface area contributed by atoms with E-state index in [4.69, 9.17) is 19.3 Å². The summed E-state index contributed by atoms with van der Waals surface area (Å²) in [6.07, 6.45) is 0.620. The Morgan fingerprint density at radius 1 is 1.11 bits per heavy atom. The molecular formula is C13H27NO5. The predicted octanol–water partition coefficient (Wildman–Crippen LogP) is 0.755. The third-order valence-corrected chi connectivity index (χ3v) is 2.45. The molecule has 0 amide bonds. The van der Waals surface area contributed by atoms with Gasteiger partial charge in [0.25, 0.3) is 0 Å². The molecule has 114 valence electrons. The fourth-order valence-electron chi connectivity index (χ4n) is 1.51. The van der Waals surface area contributed by atoms with E-state index in [1.807, 2.05) is 13.8 Å². The van der Waals surface area contributed by atoms with Gasteiger partial charge in [0.05, 0.1) is 33.0 Å². The van der Waals surface area contributed by atoms with E-state index in [1.54, 1.807) is 7.11 Å². The van der Waals surface area contributed by atoms with Gasteiger partial charge in [-0.1, -0.05) is 13.8 Å². The van der Waals surface area contributed by atoms with Crippen molar-refractivity contribution < 1.29 is 24.1 Å². The molecule has 0 aromatic heterocycles. The quantitative estimate of drug-likeness (QED) is 0.484. The predicted molar refractivity (Wildman–Crippen MR) is 72.4 cm³/mol. The normalized spacial score (nSPS) is 12.8. The maximum atomic E-state index is 11.0. The highest BCUT2D eigenvalue weighted by molar-refractivity contribution is 5.73. The first-order valence-corrected chi connectivity index (χ1v) is 6.68. The summed E-state index contributed by atoms with van der Waals surface area (Å²) in [6, 6.07) is -0.499. The van der Waals surface area contributed by atoms with Gasteiger partial charge in [0.15, 0.2) is 0 Å². The number of carboxylic acid groups (broad SMARTS) is 1. The lowest BCUT2D eigenvalue weighted by Gasteiger charge is -2.16. The molecule has 0 heterocycles. The molecule has 2 N–H and O–H groups in total. The maximum absolute atomic E-state index is 11.0. The van der Waals surface area contributed by atoms with Gasteiger partial charge in [-0.2, -0.15) is 0 Å². The standard InChI is InChI=1S/C13H27NO5/c1-11(2)10-12(13(15)16)14-4-5-18-8-9-19-7-6-17-3/h11-12,14H,4-10H2,1-3H3,(H,15,16). The molecule has 1 atom stereocenters. The van der Waals surface area contributed by atoms with Crippen LogP contribution in [0.15, 0.2) is 0 Å². The molecule has 0 aliphatic carbocycles. The molecule has 0 aromatic rings. The molecular weight excluding hydrogens is 250 g/mol. The minimum atomic E-state index is -0.809. The summed E-state index contributed by atoms with van der Waals surface area (Å²) in [6.45, 7) is 7.20. The van der Waals surface area contributed by atoms with Crippen molar-refractivity contribution in [1.82, 2.24) is 5.32 Å². The Morgan fingerprint density at radius 3 is 2.21 bits per heavy atom. The van der Waals surface area contributed by atoms with Gasteiger partial charge in [-0.25, -0.2) is 0 Å². The Labute approximate surface area is 115 Å². The lowest BCUT2D eigenvalue weighted by atomic mass is 10.0. The van der Waals surface area contributed by atoms with Crippen LogP contribution in [0.4, 0.5) is 0 Å². The lowest BCUT2D eigenvalue weighted by Crippen LogP contribution is -2.39. The topological polar surface area (TPSA) is 77.0 Å². The molecule has 0 spiro atoms. The van der Waals surface area contributed by atoms with Gasteiger partial charge in [-0.15, -0.1) is 0 Å². The second-order valence-corrected chi connectivity index (χ2v) is 4.69. The number of rotatable bonds is 13. The van der Waals surface area contributed by atoms with E-state index >= 15 is 0 Å². The average molecular weight is 277 g/mol. The van der Waals surface area contributed by atoms with Crippen LogP contribution in [0.25, 0.3) is 0 Å². The van der Waals surface area contributed by atoms with Crippen LogP contribution in [0.2, 0.25) is 0 Å². The summed E-state index contributed by atoms with van der Waals surface area (Å²) < 4.78 is 15.4. The van der Waals surface area contributed by atoms with Crippen LogP contribution in [0.1, 0.15) is 20.3 Å². The van der Waals surface area contributed by atoms with E-state index < -0.39 is 12.0 Å². The highest BCUT2D eigenvalue weighted by Crippen LogP contribution is 2.04. The molecule has 0 fully saturated rings. The van der Waals surface area contributed by atoms with Crippen molar-refractivity contribution in [2.75, 3.05) is 46.7 Å². The van der Waals surface area contributed by atoms with Crippen LogP contribution >= 0.6 is 0 Å². The zero-order valence-electron chi connectivity index (χ0n) is 12.2. The average Bonchev–Trinajstić information content (AvgIpc) is 2.34.